The highest BCUT2D eigenvalue weighted by Crippen LogP contribution is 2.32. The van der Waals surface area contributed by atoms with Gasteiger partial charge >= 0.3 is 0 Å². The molecule has 76 valence electrons. The zero-order valence-electron chi connectivity index (χ0n) is 7.45. The third-order valence-corrected chi connectivity index (χ3v) is 2.98. The van der Waals surface area contributed by atoms with Crippen LogP contribution in [0.25, 0.3) is 0 Å². The van der Waals surface area contributed by atoms with Gasteiger partial charge in [0.15, 0.2) is 0 Å². The Bertz CT molecular complexity index is 519. The van der Waals surface area contributed by atoms with Crippen molar-refractivity contribution in [3.63, 3.8) is 0 Å². The van der Waals surface area contributed by atoms with Crippen LogP contribution in [0.3, 0.4) is 0 Å². The fourth-order valence-electron chi connectivity index (χ4n) is 1.44. The molecule has 0 bridgehead atoms. The number of phenolic OH excluding ortho intramolecular Hbond substituents is 1. The summed E-state index contributed by atoms with van der Waals surface area (Å²) in [5.74, 6) is -1.14. The van der Waals surface area contributed by atoms with E-state index in [0.29, 0.717) is 0 Å². The number of Topliss-reactive ketones (excluding diaryl/α,β-unsaturated/α-hetero) is 2. The SMILES string of the molecule is NC1=C(Br)C(=O)c2c(O)cccc2C1=O. The van der Waals surface area contributed by atoms with Crippen molar-refractivity contribution in [1.29, 1.82) is 0 Å². The second kappa shape index (κ2) is 3.20. The number of hydrogen-bond donors (Lipinski definition) is 2. The molecule has 0 aliphatic heterocycles. The minimum atomic E-state index is -0.472. The van der Waals surface area contributed by atoms with Crippen LogP contribution in [0, 0.1) is 0 Å². The van der Waals surface area contributed by atoms with Crippen LogP contribution in [-0.2, 0) is 0 Å². The Morgan fingerprint density at radius 1 is 1.20 bits per heavy atom. The molecule has 0 atom stereocenters. The van der Waals surface area contributed by atoms with Crippen LogP contribution >= 0.6 is 15.9 Å². The van der Waals surface area contributed by atoms with E-state index in [0.717, 1.165) is 0 Å². The van der Waals surface area contributed by atoms with Gasteiger partial charge in [-0.05, 0) is 28.1 Å². The lowest BCUT2D eigenvalue weighted by Crippen LogP contribution is -2.24. The molecule has 0 heterocycles. The Labute approximate surface area is 93.5 Å². The zero-order chi connectivity index (χ0) is 11.2. The van der Waals surface area contributed by atoms with Crippen molar-refractivity contribution in [3.05, 3.63) is 39.5 Å². The lowest BCUT2D eigenvalue weighted by molar-refractivity contribution is 0.0978. The van der Waals surface area contributed by atoms with E-state index in [9.17, 15) is 14.7 Å². The van der Waals surface area contributed by atoms with Gasteiger partial charge < -0.3 is 10.8 Å². The first kappa shape index (κ1) is 9.92. The zero-order valence-corrected chi connectivity index (χ0v) is 9.04. The summed E-state index contributed by atoms with van der Waals surface area (Å²) in [4.78, 5) is 23.3. The van der Waals surface area contributed by atoms with Crippen LogP contribution in [0.5, 0.6) is 5.75 Å². The van der Waals surface area contributed by atoms with Crippen molar-refractivity contribution in [2.45, 2.75) is 0 Å². The number of carbonyl (C=O) groups excluding carboxylic acids is 2. The van der Waals surface area contributed by atoms with Crippen LogP contribution in [0.15, 0.2) is 28.4 Å². The van der Waals surface area contributed by atoms with Gasteiger partial charge in [0.2, 0.25) is 11.6 Å². The maximum absolute atomic E-state index is 11.7. The molecule has 0 unspecified atom stereocenters. The second-order valence-electron chi connectivity index (χ2n) is 3.09. The smallest absolute Gasteiger partial charge is 0.210 e. The van der Waals surface area contributed by atoms with Gasteiger partial charge in [0, 0.05) is 5.56 Å². The monoisotopic (exact) mass is 267 g/mol. The van der Waals surface area contributed by atoms with Gasteiger partial charge in [-0.15, -0.1) is 0 Å². The molecule has 2 rings (SSSR count). The van der Waals surface area contributed by atoms with Crippen LogP contribution in [-0.4, -0.2) is 16.7 Å². The summed E-state index contributed by atoms with van der Waals surface area (Å²) in [6.45, 7) is 0. The summed E-state index contributed by atoms with van der Waals surface area (Å²) < 4.78 is 0.00139. The van der Waals surface area contributed by atoms with Crippen molar-refractivity contribution in [2.24, 2.45) is 5.73 Å². The fraction of sp³-hybridized carbons (Fsp3) is 0. The summed E-state index contributed by atoms with van der Waals surface area (Å²) in [7, 11) is 0. The molecule has 1 aliphatic carbocycles. The van der Waals surface area contributed by atoms with Gasteiger partial charge in [-0.1, -0.05) is 6.07 Å². The quantitative estimate of drug-likeness (QED) is 0.744. The van der Waals surface area contributed by atoms with Crippen molar-refractivity contribution in [2.75, 3.05) is 0 Å². The van der Waals surface area contributed by atoms with E-state index >= 15 is 0 Å². The summed E-state index contributed by atoms with van der Waals surface area (Å²) in [6.07, 6.45) is 0. The average molecular weight is 268 g/mol. The average Bonchev–Trinajstić information content (AvgIpc) is 2.23. The van der Waals surface area contributed by atoms with Gasteiger partial charge in [0.25, 0.3) is 0 Å². The van der Waals surface area contributed by atoms with Gasteiger partial charge in [-0.25, -0.2) is 0 Å². The van der Waals surface area contributed by atoms with Gasteiger partial charge in [0.05, 0.1) is 15.7 Å². The molecule has 0 aromatic heterocycles. The van der Waals surface area contributed by atoms with Crippen molar-refractivity contribution >= 4 is 27.5 Å². The molecule has 4 nitrogen and oxygen atoms in total. The standard InChI is InChI=1S/C10H6BrNO3/c11-7-8(12)9(14)4-2-1-3-5(13)6(4)10(7)15/h1-3,13H,12H2. The number of fused-ring (bicyclic) bond motifs is 1. The number of phenols is 1. The highest BCUT2D eigenvalue weighted by Gasteiger charge is 2.31. The highest BCUT2D eigenvalue weighted by atomic mass is 79.9. The number of hydrogen-bond acceptors (Lipinski definition) is 4. The molecule has 3 N–H and O–H groups in total. The lowest BCUT2D eigenvalue weighted by Gasteiger charge is -2.15. The lowest BCUT2D eigenvalue weighted by atomic mass is 9.92. The number of nitrogens with two attached hydrogens (primary N) is 1. The van der Waals surface area contributed by atoms with Crippen LogP contribution < -0.4 is 5.73 Å². The number of benzene rings is 1. The second-order valence-corrected chi connectivity index (χ2v) is 3.88. The Kier molecular flexibility index (Phi) is 2.12. The third-order valence-electron chi connectivity index (χ3n) is 2.19. The maximum Gasteiger partial charge on any atom is 0.210 e. The molecule has 15 heavy (non-hydrogen) atoms. The van der Waals surface area contributed by atoms with E-state index in [1.807, 2.05) is 0 Å². The predicted octanol–water partition coefficient (Wildman–Crippen LogP) is 1.34. The first-order valence-corrected chi connectivity index (χ1v) is 4.90. The number of aromatic hydroxyl groups is 1. The molecule has 0 saturated carbocycles. The van der Waals surface area contributed by atoms with E-state index in [1.165, 1.54) is 18.2 Å². The Morgan fingerprint density at radius 2 is 1.87 bits per heavy atom. The predicted molar refractivity (Wildman–Crippen MR) is 56.9 cm³/mol. The minimum Gasteiger partial charge on any atom is -0.507 e. The van der Waals surface area contributed by atoms with E-state index in [2.05, 4.69) is 15.9 Å². The molecule has 1 aliphatic rings. The molecule has 1 aromatic carbocycles. The van der Waals surface area contributed by atoms with Crippen LogP contribution in [0.2, 0.25) is 0 Å². The topological polar surface area (TPSA) is 80.4 Å². The Morgan fingerprint density at radius 3 is 2.53 bits per heavy atom. The van der Waals surface area contributed by atoms with E-state index in [-0.39, 0.29) is 27.1 Å². The molecule has 0 radical (unpaired) electrons. The molecule has 0 fully saturated rings. The van der Waals surface area contributed by atoms with Crippen LogP contribution in [0.4, 0.5) is 0 Å². The number of allylic oxidation sites excluding steroid dienone is 2. The molecule has 0 spiro atoms. The maximum atomic E-state index is 11.7. The number of rotatable bonds is 0. The molecule has 1 aromatic rings. The minimum absolute atomic E-state index is 0.00139. The third kappa shape index (κ3) is 1.27. The highest BCUT2D eigenvalue weighted by molar-refractivity contribution is 9.12. The van der Waals surface area contributed by atoms with Gasteiger partial charge in [-0.3, -0.25) is 9.59 Å². The Balaban J connectivity index is 2.79. The fourth-order valence-corrected chi connectivity index (χ4v) is 1.82. The van der Waals surface area contributed by atoms with Crippen molar-refractivity contribution in [3.8, 4) is 5.75 Å². The number of halogens is 1. The summed E-state index contributed by atoms with van der Waals surface area (Å²) in [5.41, 5.74) is 5.47. The van der Waals surface area contributed by atoms with Crippen LogP contribution in [0.1, 0.15) is 20.7 Å². The van der Waals surface area contributed by atoms with E-state index < -0.39 is 11.6 Å². The molecular formula is C10H6BrNO3. The summed E-state index contributed by atoms with van der Waals surface area (Å²) in [5, 5.41) is 9.49. The first-order valence-electron chi connectivity index (χ1n) is 4.10. The summed E-state index contributed by atoms with van der Waals surface area (Å²) in [6, 6.07) is 4.30. The molecule has 0 saturated heterocycles. The Hall–Kier alpha value is -1.62. The van der Waals surface area contributed by atoms with Crippen molar-refractivity contribution in [1.82, 2.24) is 0 Å². The van der Waals surface area contributed by atoms with Gasteiger partial charge in [0.1, 0.15) is 5.75 Å². The van der Waals surface area contributed by atoms with Gasteiger partial charge in [-0.2, -0.15) is 0 Å². The van der Waals surface area contributed by atoms with E-state index in [1.54, 1.807) is 0 Å². The van der Waals surface area contributed by atoms with E-state index in [4.69, 9.17) is 5.73 Å². The normalized spacial score (nSPS) is 15.5. The summed E-state index contributed by atoms with van der Waals surface area (Å²) >= 11 is 2.94. The number of carbonyl (C=O) groups is 2. The largest absolute Gasteiger partial charge is 0.507 e. The van der Waals surface area contributed by atoms with Crippen molar-refractivity contribution < 1.29 is 14.7 Å². The molecular weight excluding hydrogens is 262 g/mol. The molecule has 5 heteroatoms. The number of ketones is 2. The molecule has 0 amide bonds. The first-order chi connectivity index (χ1) is 7.04.